The Hall–Kier alpha value is -0.720. The van der Waals surface area contributed by atoms with Gasteiger partial charge in [0.1, 0.15) is 6.11 Å². The average molecular weight is 116 g/mol. The third-order valence-electron chi connectivity index (χ3n) is 0.642. The predicted octanol–water partition coefficient (Wildman–Crippen LogP) is -1.05. The van der Waals surface area contributed by atoms with Crippen molar-refractivity contribution in [1.82, 2.24) is 0 Å². The Kier molecular flexibility index (Phi) is 4.04. The van der Waals surface area contributed by atoms with Crippen LogP contribution in [-0.4, -0.2) is 29.5 Å². The molecule has 8 heavy (non-hydrogen) atoms. The Labute approximate surface area is 47.9 Å². The largest absolute Gasteiger partial charge is 0.439 e. The number of aliphatic hydroxyl groups excluding tert-OH is 2. The maximum absolute atomic E-state index is 8.28. The Morgan fingerprint density at radius 2 is 2.00 bits per heavy atom. The molecule has 0 aliphatic rings. The van der Waals surface area contributed by atoms with Crippen LogP contribution in [0.4, 0.5) is 0 Å². The Morgan fingerprint density at radius 1 is 1.50 bits per heavy atom. The normalized spacial score (nSPS) is 8.75. The molecule has 0 radical (unpaired) electrons. The molecule has 0 aromatic heterocycles. The first-order chi connectivity index (χ1) is 3.85. The molecule has 3 nitrogen and oxygen atoms in total. The summed E-state index contributed by atoms with van der Waals surface area (Å²) in [6.07, 6.45) is 5.91. The summed E-state index contributed by atoms with van der Waals surface area (Å²) in [4.78, 5) is 0. The highest BCUT2D eigenvalue weighted by Gasteiger charge is 2.01. The van der Waals surface area contributed by atoms with Gasteiger partial charge >= 0.3 is 0 Å². The lowest BCUT2D eigenvalue weighted by molar-refractivity contribution is 0.0436. The van der Waals surface area contributed by atoms with Gasteiger partial charge in [0, 0.05) is 0 Å². The van der Waals surface area contributed by atoms with Gasteiger partial charge in [-0.15, -0.1) is 0 Å². The van der Waals surface area contributed by atoms with Crippen molar-refractivity contribution in [3.05, 3.63) is 0 Å². The zero-order valence-corrected chi connectivity index (χ0v) is 4.37. The second-order valence-electron chi connectivity index (χ2n) is 1.22. The summed E-state index contributed by atoms with van der Waals surface area (Å²) in [5.41, 5.74) is 0. The molecule has 0 aromatic carbocycles. The lowest BCUT2D eigenvalue weighted by Crippen LogP contribution is -2.19. The van der Waals surface area contributed by atoms with Crippen molar-refractivity contribution in [2.75, 3.05) is 13.2 Å². The molecule has 0 amide bonds. The number of hydrogen-bond donors (Lipinski definition) is 2. The molecule has 0 unspecified atom stereocenters. The van der Waals surface area contributed by atoms with Gasteiger partial charge in [0.15, 0.2) is 6.10 Å². The van der Waals surface area contributed by atoms with Gasteiger partial charge in [-0.3, -0.25) is 0 Å². The van der Waals surface area contributed by atoms with Gasteiger partial charge in [-0.2, -0.15) is 0 Å². The molecule has 0 bridgehead atoms. The van der Waals surface area contributed by atoms with Crippen molar-refractivity contribution in [3.63, 3.8) is 0 Å². The summed E-state index contributed by atoms with van der Waals surface area (Å²) in [5.74, 6) is 0. The van der Waals surface area contributed by atoms with E-state index in [0.29, 0.717) is 0 Å². The van der Waals surface area contributed by atoms with E-state index in [4.69, 9.17) is 10.2 Å². The first kappa shape index (κ1) is 7.28. The van der Waals surface area contributed by atoms with E-state index in [1.807, 2.05) is 6.11 Å². The Morgan fingerprint density at radius 3 is 2.12 bits per heavy atom. The van der Waals surface area contributed by atoms with Crippen LogP contribution in [0, 0.1) is 12.5 Å². The zero-order chi connectivity index (χ0) is 6.41. The lowest BCUT2D eigenvalue weighted by Gasteiger charge is -2.05. The minimum atomic E-state index is -0.625. The Bertz CT molecular complexity index is 80.2. The lowest BCUT2D eigenvalue weighted by atomic mass is 10.4. The second-order valence-corrected chi connectivity index (χ2v) is 1.22. The van der Waals surface area contributed by atoms with E-state index in [-0.39, 0.29) is 13.2 Å². The maximum atomic E-state index is 8.28. The monoisotopic (exact) mass is 116 g/mol. The Balaban J connectivity index is 3.25. The van der Waals surface area contributed by atoms with Crippen molar-refractivity contribution < 1.29 is 14.9 Å². The summed E-state index contributed by atoms with van der Waals surface area (Å²) in [6.45, 7) is -0.499. The minimum Gasteiger partial charge on any atom is -0.439 e. The van der Waals surface area contributed by atoms with E-state index in [1.54, 1.807) is 0 Å². The van der Waals surface area contributed by atoms with Crippen molar-refractivity contribution in [2.45, 2.75) is 6.10 Å². The van der Waals surface area contributed by atoms with Gasteiger partial charge in [-0.1, -0.05) is 6.42 Å². The third kappa shape index (κ3) is 2.45. The SMILES string of the molecule is C#COC(CO)CO. The molecular weight excluding hydrogens is 108 g/mol. The highest BCUT2D eigenvalue weighted by Crippen LogP contribution is 1.84. The molecule has 0 spiro atoms. The number of ether oxygens (including phenoxy) is 1. The van der Waals surface area contributed by atoms with Crippen LogP contribution in [0.25, 0.3) is 0 Å². The van der Waals surface area contributed by atoms with Gasteiger partial charge in [-0.05, 0) is 0 Å². The summed E-state index contributed by atoms with van der Waals surface area (Å²) >= 11 is 0. The molecule has 3 heteroatoms. The predicted molar refractivity (Wildman–Crippen MR) is 27.9 cm³/mol. The topological polar surface area (TPSA) is 49.7 Å². The molecule has 0 saturated heterocycles. The van der Waals surface area contributed by atoms with Gasteiger partial charge in [0.05, 0.1) is 13.2 Å². The number of rotatable bonds is 3. The highest BCUT2D eigenvalue weighted by molar-refractivity contribution is 4.71. The van der Waals surface area contributed by atoms with Crippen molar-refractivity contribution >= 4 is 0 Å². The molecule has 0 heterocycles. The fourth-order valence-corrected chi connectivity index (χ4v) is 0.228. The van der Waals surface area contributed by atoms with Gasteiger partial charge < -0.3 is 14.9 Å². The van der Waals surface area contributed by atoms with Crippen molar-refractivity contribution in [2.24, 2.45) is 0 Å². The van der Waals surface area contributed by atoms with Gasteiger partial charge in [-0.25, -0.2) is 0 Å². The van der Waals surface area contributed by atoms with E-state index >= 15 is 0 Å². The first-order valence-corrected chi connectivity index (χ1v) is 2.18. The first-order valence-electron chi connectivity index (χ1n) is 2.18. The van der Waals surface area contributed by atoms with Crippen LogP contribution < -0.4 is 0 Å². The van der Waals surface area contributed by atoms with E-state index in [2.05, 4.69) is 11.2 Å². The molecule has 0 aliphatic carbocycles. The fourth-order valence-electron chi connectivity index (χ4n) is 0.228. The van der Waals surface area contributed by atoms with Crippen LogP contribution in [-0.2, 0) is 4.74 Å². The van der Waals surface area contributed by atoms with E-state index in [0.717, 1.165) is 0 Å². The van der Waals surface area contributed by atoms with Gasteiger partial charge in [0.2, 0.25) is 0 Å². The van der Waals surface area contributed by atoms with E-state index in [9.17, 15) is 0 Å². The average Bonchev–Trinajstić information content (AvgIpc) is 1.83. The van der Waals surface area contributed by atoms with E-state index in [1.165, 1.54) is 0 Å². The molecular formula is C5H8O3. The number of terminal acetylenes is 1. The fraction of sp³-hybridized carbons (Fsp3) is 0.600. The highest BCUT2D eigenvalue weighted by atomic mass is 16.5. The zero-order valence-electron chi connectivity index (χ0n) is 4.37. The molecule has 0 aromatic rings. The molecule has 0 saturated carbocycles. The molecule has 0 rings (SSSR count). The van der Waals surface area contributed by atoms with Crippen molar-refractivity contribution in [1.29, 1.82) is 0 Å². The minimum absolute atomic E-state index is 0.249. The third-order valence-corrected chi connectivity index (χ3v) is 0.642. The maximum Gasteiger partial charge on any atom is 0.156 e. The van der Waals surface area contributed by atoms with Crippen LogP contribution in [0.1, 0.15) is 0 Å². The molecule has 46 valence electrons. The van der Waals surface area contributed by atoms with Crippen LogP contribution in [0.3, 0.4) is 0 Å². The summed E-state index contributed by atoms with van der Waals surface area (Å²) < 4.78 is 4.37. The molecule has 0 aliphatic heterocycles. The quantitative estimate of drug-likeness (QED) is 0.462. The standard InChI is InChI=1S/C5H8O3/c1-2-8-5(3-6)4-7/h1,5-7H,3-4H2. The second kappa shape index (κ2) is 4.44. The molecule has 0 fully saturated rings. The smallest absolute Gasteiger partial charge is 0.156 e. The molecule has 2 N–H and O–H groups in total. The number of aliphatic hydroxyl groups is 2. The van der Waals surface area contributed by atoms with Gasteiger partial charge in [0.25, 0.3) is 0 Å². The van der Waals surface area contributed by atoms with Crippen LogP contribution in [0.2, 0.25) is 0 Å². The van der Waals surface area contributed by atoms with Crippen LogP contribution >= 0.6 is 0 Å². The summed E-state index contributed by atoms with van der Waals surface area (Å²) in [7, 11) is 0. The number of hydrogen-bond acceptors (Lipinski definition) is 3. The van der Waals surface area contributed by atoms with Crippen molar-refractivity contribution in [3.8, 4) is 12.5 Å². The van der Waals surface area contributed by atoms with E-state index < -0.39 is 6.10 Å². The summed E-state index contributed by atoms with van der Waals surface area (Å²) in [6, 6.07) is 0. The van der Waals surface area contributed by atoms with Crippen LogP contribution in [0.15, 0.2) is 0 Å². The summed E-state index contributed by atoms with van der Waals surface area (Å²) in [5, 5.41) is 16.6. The van der Waals surface area contributed by atoms with Crippen LogP contribution in [0.5, 0.6) is 0 Å². The molecule has 0 atom stereocenters.